The highest BCUT2D eigenvalue weighted by atomic mass is 16.5. The van der Waals surface area contributed by atoms with Crippen LogP contribution in [0.3, 0.4) is 0 Å². The number of amides is 1. The molecule has 6 nitrogen and oxygen atoms in total. The van der Waals surface area contributed by atoms with Crippen molar-refractivity contribution in [3.05, 3.63) is 65.4 Å². The van der Waals surface area contributed by atoms with E-state index in [0.717, 1.165) is 34.9 Å². The number of carbonyl (C=O) groups is 1. The van der Waals surface area contributed by atoms with Crippen molar-refractivity contribution in [2.45, 2.75) is 19.3 Å². The summed E-state index contributed by atoms with van der Waals surface area (Å²) in [4.78, 5) is 19.6. The number of rotatable bonds is 8. The average molecular weight is 420 g/mol. The molecular formula is C25H29N3O3. The number of hydrogen-bond donors (Lipinski definition) is 1. The molecule has 0 radical (unpaired) electrons. The van der Waals surface area contributed by atoms with E-state index < -0.39 is 0 Å². The van der Waals surface area contributed by atoms with Crippen LogP contribution >= 0.6 is 0 Å². The fourth-order valence-electron chi connectivity index (χ4n) is 4.00. The zero-order valence-electron chi connectivity index (χ0n) is 18.0. The quantitative estimate of drug-likeness (QED) is 0.695. The van der Waals surface area contributed by atoms with Crippen LogP contribution in [0.1, 0.15) is 35.2 Å². The number of benzene rings is 2. The maximum Gasteiger partial charge on any atom is 0.255 e. The average Bonchev–Trinajstić information content (AvgIpc) is 3.29. The van der Waals surface area contributed by atoms with Crippen molar-refractivity contribution in [2.24, 2.45) is 4.99 Å². The number of anilines is 1. The first-order valence-corrected chi connectivity index (χ1v) is 10.9. The summed E-state index contributed by atoms with van der Waals surface area (Å²) in [6, 6.07) is 15.0. The van der Waals surface area contributed by atoms with Gasteiger partial charge < -0.3 is 14.8 Å². The van der Waals surface area contributed by atoms with Gasteiger partial charge in [-0.05, 0) is 56.3 Å². The number of aliphatic imine (C=N–C) groups is 1. The number of ether oxygens (including phenoxy) is 2. The molecule has 0 atom stereocenters. The summed E-state index contributed by atoms with van der Waals surface area (Å²) in [5.41, 5.74) is 3.21. The Morgan fingerprint density at radius 3 is 2.61 bits per heavy atom. The van der Waals surface area contributed by atoms with E-state index in [-0.39, 0.29) is 5.91 Å². The van der Waals surface area contributed by atoms with Crippen LogP contribution in [0.25, 0.3) is 5.57 Å². The number of piperidine rings is 1. The lowest BCUT2D eigenvalue weighted by Gasteiger charge is -2.26. The molecule has 1 fully saturated rings. The molecule has 0 aliphatic carbocycles. The smallest absolute Gasteiger partial charge is 0.255 e. The molecule has 1 saturated heterocycles. The maximum absolute atomic E-state index is 12.8. The molecule has 2 aliphatic heterocycles. The second-order valence-electron chi connectivity index (χ2n) is 7.79. The lowest BCUT2D eigenvalue weighted by atomic mass is 10.0. The summed E-state index contributed by atoms with van der Waals surface area (Å²) in [5.74, 6) is 1.35. The molecule has 0 unspecified atom stereocenters. The molecule has 0 saturated carbocycles. The van der Waals surface area contributed by atoms with Crippen molar-refractivity contribution in [1.29, 1.82) is 0 Å². The fourth-order valence-corrected chi connectivity index (χ4v) is 4.00. The van der Waals surface area contributed by atoms with Gasteiger partial charge >= 0.3 is 0 Å². The van der Waals surface area contributed by atoms with Gasteiger partial charge in [-0.1, -0.05) is 24.6 Å². The molecule has 0 spiro atoms. The van der Waals surface area contributed by atoms with Gasteiger partial charge in [-0.25, -0.2) is 0 Å². The molecule has 1 amide bonds. The minimum absolute atomic E-state index is 0.161. The summed E-state index contributed by atoms with van der Waals surface area (Å²) < 4.78 is 11.3. The van der Waals surface area contributed by atoms with Crippen molar-refractivity contribution >= 4 is 23.4 Å². The predicted molar refractivity (Wildman–Crippen MR) is 124 cm³/mol. The van der Waals surface area contributed by atoms with Crippen LogP contribution in [0.5, 0.6) is 5.75 Å². The maximum atomic E-state index is 12.8. The second kappa shape index (κ2) is 10.3. The highest BCUT2D eigenvalue weighted by Crippen LogP contribution is 2.29. The van der Waals surface area contributed by atoms with Crippen LogP contribution < -0.4 is 10.1 Å². The van der Waals surface area contributed by atoms with Crippen molar-refractivity contribution < 1.29 is 14.3 Å². The molecular weight excluding hydrogens is 390 g/mol. The molecule has 2 aromatic carbocycles. The van der Waals surface area contributed by atoms with Gasteiger partial charge in [-0.2, -0.15) is 0 Å². The molecule has 2 aromatic rings. The van der Waals surface area contributed by atoms with Crippen LogP contribution in [0.15, 0.2) is 59.3 Å². The first kappa shape index (κ1) is 21.1. The number of para-hydroxylation sites is 1. The van der Waals surface area contributed by atoms with Crippen LogP contribution in [-0.2, 0) is 4.74 Å². The first-order chi connectivity index (χ1) is 15.2. The Bertz CT molecular complexity index is 960. The minimum atomic E-state index is -0.161. The lowest BCUT2D eigenvalue weighted by molar-refractivity contribution is 0.102. The van der Waals surface area contributed by atoms with Gasteiger partial charge in [0.1, 0.15) is 18.1 Å². The number of carbonyl (C=O) groups excluding carboxylic acids is 1. The summed E-state index contributed by atoms with van der Waals surface area (Å²) in [7, 11) is 1.63. The van der Waals surface area contributed by atoms with Crippen molar-refractivity contribution in [3.63, 3.8) is 0 Å². The molecule has 31 heavy (non-hydrogen) atoms. The van der Waals surface area contributed by atoms with E-state index in [1.807, 2.05) is 36.4 Å². The number of likely N-dealkylation sites (tertiary alicyclic amines) is 1. The third-order valence-electron chi connectivity index (χ3n) is 5.72. The number of nitrogens with one attached hydrogen (secondary N) is 1. The Hall–Kier alpha value is -3.12. The van der Waals surface area contributed by atoms with E-state index in [4.69, 9.17) is 9.47 Å². The Balaban J connectivity index is 1.36. The van der Waals surface area contributed by atoms with E-state index in [0.29, 0.717) is 18.7 Å². The van der Waals surface area contributed by atoms with Crippen molar-refractivity contribution in [3.8, 4) is 5.75 Å². The highest BCUT2D eigenvalue weighted by molar-refractivity contribution is 6.06. The normalized spacial score (nSPS) is 16.4. The molecule has 0 bridgehead atoms. The lowest BCUT2D eigenvalue weighted by Crippen LogP contribution is -2.33. The van der Waals surface area contributed by atoms with Gasteiger partial charge in [-0.15, -0.1) is 0 Å². The van der Waals surface area contributed by atoms with Crippen LogP contribution in [0.2, 0.25) is 0 Å². The SMILES string of the molecule is COC1=C(c2ccccc2NC(=O)c2ccc(OCCN3CCCCC3)cc2)CN=C1. The summed E-state index contributed by atoms with van der Waals surface area (Å²) >= 11 is 0. The number of nitrogens with zero attached hydrogens (tertiary/aromatic N) is 2. The molecule has 162 valence electrons. The van der Waals surface area contributed by atoms with Gasteiger partial charge in [0.05, 0.1) is 19.9 Å². The van der Waals surface area contributed by atoms with Crippen LogP contribution in [0.4, 0.5) is 5.69 Å². The van der Waals surface area contributed by atoms with Gasteiger partial charge in [0.2, 0.25) is 0 Å². The molecule has 6 heteroatoms. The molecule has 1 N–H and O–H groups in total. The van der Waals surface area contributed by atoms with Crippen molar-refractivity contribution in [1.82, 2.24) is 4.90 Å². The number of hydrogen-bond acceptors (Lipinski definition) is 5. The Labute approximate surface area is 183 Å². The van der Waals surface area contributed by atoms with Crippen molar-refractivity contribution in [2.75, 3.05) is 45.2 Å². The zero-order valence-corrected chi connectivity index (χ0v) is 18.0. The molecule has 2 aliphatic rings. The molecule has 2 heterocycles. The minimum Gasteiger partial charge on any atom is -0.495 e. The van der Waals surface area contributed by atoms with E-state index in [2.05, 4.69) is 15.2 Å². The van der Waals surface area contributed by atoms with E-state index in [1.165, 1.54) is 32.4 Å². The predicted octanol–water partition coefficient (Wildman–Crippen LogP) is 4.25. The topological polar surface area (TPSA) is 63.2 Å². The Morgan fingerprint density at radius 1 is 1.06 bits per heavy atom. The summed E-state index contributed by atoms with van der Waals surface area (Å²) in [5, 5.41) is 3.02. The van der Waals surface area contributed by atoms with Gasteiger partial charge in [-0.3, -0.25) is 14.7 Å². The van der Waals surface area contributed by atoms with Gasteiger partial charge in [0.15, 0.2) is 0 Å². The fraction of sp³-hybridized carbons (Fsp3) is 0.360. The monoisotopic (exact) mass is 419 g/mol. The Morgan fingerprint density at radius 2 is 1.84 bits per heavy atom. The van der Waals surface area contributed by atoms with Gasteiger partial charge in [0.25, 0.3) is 5.91 Å². The second-order valence-corrected chi connectivity index (χ2v) is 7.79. The Kier molecular flexibility index (Phi) is 6.99. The van der Waals surface area contributed by atoms with Crippen LogP contribution in [-0.4, -0.2) is 56.9 Å². The first-order valence-electron chi connectivity index (χ1n) is 10.9. The largest absolute Gasteiger partial charge is 0.495 e. The van der Waals surface area contributed by atoms with E-state index in [9.17, 15) is 4.79 Å². The third kappa shape index (κ3) is 5.33. The molecule has 0 aromatic heterocycles. The van der Waals surface area contributed by atoms with E-state index >= 15 is 0 Å². The summed E-state index contributed by atoms with van der Waals surface area (Å²) in [6.45, 7) is 4.48. The van der Waals surface area contributed by atoms with Crippen LogP contribution in [0, 0.1) is 0 Å². The number of methoxy groups -OCH3 is 1. The highest BCUT2D eigenvalue weighted by Gasteiger charge is 2.18. The standard InChI is InChI=1S/C25H29N3O3/c1-30-24-18-26-17-22(24)21-7-3-4-8-23(21)27-25(29)19-9-11-20(12-10-19)31-16-15-28-13-5-2-6-14-28/h3-4,7-12,18H,2,5-6,13-17H2,1H3,(H,27,29). The number of allylic oxidation sites excluding steroid dienone is 1. The zero-order chi connectivity index (χ0) is 21.5. The van der Waals surface area contributed by atoms with E-state index in [1.54, 1.807) is 25.5 Å². The molecule has 4 rings (SSSR count). The third-order valence-corrected chi connectivity index (χ3v) is 5.72. The summed E-state index contributed by atoms with van der Waals surface area (Å²) in [6.07, 6.45) is 5.62. The van der Waals surface area contributed by atoms with Gasteiger partial charge in [0, 0.05) is 28.9 Å².